The van der Waals surface area contributed by atoms with Crippen LogP contribution >= 0.6 is 11.3 Å². The fourth-order valence-electron chi connectivity index (χ4n) is 1.76. The maximum Gasteiger partial charge on any atom is 0.184 e. The van der Waals surface area contributed by atoms with Crippen molar-refractivity contribution >= 4 is 32.6 Å². The van der Waals surface area contributed by atoms with E-state index in [0.717, 1.165) is 12.8 Å². The second-order valence-electron chi connectivity index (χ2n) is 4.89. The molecular formula is C15H19N3O3S2. The predicted octanol–water partition coefficient (Wildman–Crippen LogP) is 2.72. The first-order valence-corrected chi connectivity index (χ1v) is 9.73. The number of oxime groups is 1. The molecule has 1 heterocycles. The Labute approximate surface area is 139 Å². The Morgan fingerprint density at radius 1 is 1.35 bits per heavy atom. The van der Waals surface area contributed by atoms with E-state index in [1.807, 2.05) is 6.92 Å². The van der Waals surface area contributed by atoms with Gasteiger partial charge in [0.2, 0.25) is 0 Å². The highest BCUT2D eigenvalue weighted by molar-refractivity contribution is 7.92. The molecule has 0 aliphatic rings. The topological polar surface area (TPSA) is 94.6 Å². The zero-order valence-electron chi connectivity index (χ0n) is 12.8. The van der Waals surface area contributed by atoms with Gasteiger partial charge in [-0.2, -0.15) is 0 Å². The van der Waals surface area contributed by atoms with E-state index < -0.39 is 9.84 Å². The van der Waals surface area contributed by atoms with Crippen LogP contribution in [0.1, 0.15) is 24.8 Å². The van der Waals surface area contributed by atoms with E-state index in [-0.39, 0.29) is 10.6 Å². The molecule has 23 heavy (non-hydrogen) atoms. The second kappa shape index (κ2) is 8.07. The van der Waals surface area contributed by atoms with Crippen LogP contribution in [0, 0.1) is 0 Å². The molecule has 124 valence electrons. The summed E-state index contributed by atoms with van der Waals surface area (Å²) in [5.41, 5.74) is 6.42. The number of thiazole rings is 1. The summed E-state index contributed by atoms with van der Waals surface area (Å²) >= 11 is 1.33. The van der Waals surface area contributed by atoms with E-state index in [4.69, 9.17) is 10.6 Å². The van der Waals surface area contributed by atoms with Gasteiger partial charge in [0.15, 0.2) is 9.84 Å². The summed E-state index contributed by atoms with van der Waals surface area (Å²) in [5.74, 6) is -0.267. The lowest BCUT2D eigenvalue weighted by Crippen LogP contribution is -2.18. The summed E-state index contributed by atoms with van der Waals surface area (Å²) in [5, 5.41) is 6.31. The molecule has 2 aromatic rings. The number of aromatic nitrogens is 1. The highest BCUT2D eigenvalue weighted by Crippen LogP contribution is 2.16. The van der Waals surface area contributed by atoms with Crippen LogP contribution in [0.4, 0.5) is 5.69 Å². The van der Waals surface area contributed by atoms with Crippen molar-refractivity contribution in [1.82, 2.24) is 4.98 Å². The SMILES string of the molecule is CCCCO/N=C(/CS(=O)(=O)c1ccc(N)cc1)c1nccs1. The van der Waals surface area contributed by atoms with Crippen LogP contribution < -0.4 is 5.73 Å². The quantitative estimate of drug-likeness (QED) is 0.341. The van der Waals surface area contributed by atoms with Crippen LogP contribution in [0.25, 0.3) is 0 Å². The maximum atomic E-state index is 12.5. The van der Waals surface area contributed by atoms with Crippen molar-refractivity contribution in [2.45, 2.75) is 24.7 Å². The first-order valence-electron chi connectivity index (χ1n) is 7.20. The molecule has 0 saturated heterocycles. The first kappa shape index (κ1) is 17.4. The summed E-state index contributed by atoms with van der Waals surface area (Å²) in [6, 6.07) is 6.10. The Balaban J connectivity index is 2.21. The van der Waals surface area contributed by atoms with Gasteiger partial charge in [0.25, 0.3) is 0 Å². The summed E-state index contributed by atoms with van der Waals surface area (Å²) in [6.45, 7) is 2.49. The van der Waals surface area contributed by atoms with E-state index >= 15 is 0 Å². The van der Waals surface area contributed by atoms with Crippen molar-refractivity contribution in [3.05, 3.63) is 40.8 Å². The third-order valence-corrected chi connectivity index (χ3v) is 5.48. The molecule has 2 N–H and O–H groups in total. The smallest absolute Gasteiger partial charge is 0.184 e. The number of anilines is 1. The van der Waals surface area contributed by atoms with E-state index in [0.29, 0.717) is 23.0 Å². The number of nitrogens with two attached hydrogens (primary N) is 1. The highest BCUT2D eigenvalue weighted by Gasteiger charge is 2.21. The predicted molar refractivity (Wildman–Crippen MR) is 92.4 cm³/mol. The summed E-state index contributed by atoms with van der Waals surface area (Å²) in [4.78, 5) is 9.56. The minimum atomic E-state index is -3.54. The van der Waals surface area contributed by atoms with Crippen LogP contribution in [-0.4, -0.2) is 31.5 Å². The molecule has 0 unspecified atom stereocenters. The third kappa shape index (κ3) is 5.04. The van der Waals surface area contributed by atoms with E-state index in [1.54, 1.807) is 23.7 Å². The van der Waals surface area contributed by atoms with Crippen LogP contribution in [0.2, 0.25) is 0 Å². The zero-order chi connectivity index (χ0) is 16.7. The molecular weight excluding hydrogens is 334 g/mol. The van der Waals surface area contributed by atoms with Crippen molar-refractivity contribution in [1.29, 1.82) is 0 Å². The maximum absolute atomic E-state index is 12.5. The van der Waals surface area contributed by atoms with E-state index in [9.17, 15) is 8.42 Å². The van der Waals surface area contributed by atoms with Gasteiger partial charge in [0.05, 0.1) is 4.90 Å². The number of rotatable bonds is 8. The average molecular weight is 353 g/mol. The normalized spacial score (nSPS) is 12.3. The number of hydrogen-bond donors (Lipinski definition) is 1. The third-order valence-electron chi connectivity index (χ3n) is 3.01. The molecule has 0 aliphatic carbocycles. The molecule has 6 nitrogen and oxygen atoms in total. The van der Waals surface area contributed by atoms with Gasteiger partial charge in [-0.1, -0.05) is 18.5 Å². The van der Waals surface area contributed by atoms with Gasteiger partial charge >= 0.3 is 0 Å². The van der Waals surface area contributed by atoms with Crippen LogP contribution in [0.5, 0.6) is 0 Å². The lowest BCUT2D eigenvalue weighted by Gasteiger charge is -2.07. The van der Waals surface area contributed by atoms with Crippen molar-refractivity contribution in [3.8, 4) is 0 Å². The number of benzene rings is 1. The van der Waals surface area contributed by atoms with E-state index in [1.165, 1.54) is 23.5 Å². The van der Waals surface area contributed by atoms with Gasteiger partial charge in [-0.05, 0) is 30.7 Å². The lowest BCUT2D eigenvalue weighted by molar-refractivity contribution is 0.141. The molecule has 0 atom stereocenters. The molecule has 0 radical (unpaired) electrons. The Morgan fingerprint density at radius 2 is 2.09 bits per heavy atom. The van der Waals surface area contributed by atoms with Crippen molar-refractivity contribution in [2.24, 2.45) is 5.16 Å². The first-order chi connectivity index (χ1) is 11.0. The number of nitrogen functional groups attached to an aromatic ring is 1. The zero-order valence-corrected chi connectivity index (χ0v) is 14.4. The van der Waals surface area contributed by atoms with Crippen LogP contribution in [0.15, 0.2) is 45.9 Å². The van der Waals surface area contributed by atoms with Gasteiger partial charge in [0.1, 0.15) is 23.1 Å². The molecule has 1 aromatic carbocycles. The summed E-state index contributed by atoms with van der Waals surface area (Å²) in [7, 11) is -3.54. The van der Waals surface area contributed by atoms with Gasteiger partial charge in [-0.3, -0.25) is 0 Å². The molecule has 2 rings (SSSR count). The molecule has 0 saturated carbocycles. The number of unbranched alkanes of at least 4 members (excludes halogenated alkanes) is 1. The van der Waals surface area contributed by atoms with Gasteiger partial charge in [-0.15, -0.1) is 11.3 Å². The highest BCUT2D eigenvalue weighted by atomic mass is 32.2. The minimum absolute atomic E-state index is 0.199. The molecule has 1 aromatic heterocycles. The number of nitrogens with zero attached hydrogens (tertiary/aromatic N) is 2. The number of sulfone groups is 1. The van der Waals surface area contributed by atoms with Gasteiger partial charge < -0.3 is 10.6 Å². The van der Waals surface area contributed by atoms with Crippen LogP contribution in [0.3, 0.4) is 0 Å². The molecule has 0 aliphatic heterocycles. The van der Waals surface area contributed by atoms with Crippen molar-refractivity contribution in [3.63, 3.8) is 0 Å². The molecule has 8 heteroatoms. The molecule has 0 amide bonds. The Morgan fingerprint density at radius 3 is 2.70 bits per heavy atom. The fraction of sp³-hybridized carbons (Fsp3) is 0.333. The van der Waals surface area contributed by atoms with Gasteiger partial charge in [0, 0.05) is 17.3 Å². The standard InChI is InChI=1S/C15H19N3O3S2/c1-2-3-9-21-18-14(15-17-8-10-22-15)11-23(19,20)13-6-4-12(16)5-7-13/h4-8,10H,2-3,9,11,16H2,1H3/b18-14-. The molecule has 0 spiro atoms. The Hall–Kier alpha value is -1.93. The van der Waals surface area contributed by atoms with Crippen molar-refractivity contribution < 1.29 is 13.3 Å². The Bertz CT molecular complexity index is 739. The molecule has 0 bridgehead atoms. The minimum Gasteiger partial charge on any atom is -0.399 e. The monoisotopic (exact) mass is 353 g/mol. The van der Waals surface area contributed by atoms with Gasteiger partial charge in [-0.25, -0.2) is 13.4 Å². The Kier molecular flexibility index (Phi) is 6.12. The van der Waals surface area contributed by atoms with Crippen LogP contribution in [-0.2, 0) is 14.7 Å². The summed E-state index contributed by atoms with van der Waals surface area (Å²) in [6.07, 6.45) is 3.45. The lowest BCUT2D eigenvalue weighted by atomic mass is 10.3. The second-order valence-corrected chi connectivity index (χ2v) is 7.77. The fourth-order valence-corrected chi connectivity index (χ4v) is 3.74. The largest absolute Gasteiger partial charge is 0.399 e. The average Bonchev–Trinajstić information content (AvgIpc) is 3.05. The van der Waals surface area contributed by atoms with E-state index in [2.05, 4.69) is 10.1 Å². The molecule has 0 fully saturated rings. The summed E-state index contributed by atoms with van der Waals surface area (Å²) < 4.78 is 25.1. The number of hydrogen-bond acceptors (Lipinski definition) is 7. The van der Waals surface area contributed by atoms with Crippen molar-refractivity contribution in [2.75, 3.05) is 18.1 Å².